The number of carbonyl (C=O) groups excluding carboxylic acids is 1. The van der Waals surface area contributed by atoms with Crippen molar-refractivity contribution in [2.45, 2.75) is 6.42 Å². The molecule has 2 rings (SSSR count). The van der Waals surface area contributed by atoms with Crippen molar-refractivity contribution in [1.82, 2.24) is 9.21 Å². The van der Waals surface area contributed by atoms with Crippen molar-refractivity contribution in [2.75, 3.05) is 39.0 Å². The number of nitrogens with zero attached hydrogens (tertiary/aromatic N) is 2. The number of carbonyl (C=O) groups is 1. The Labute approximate surface area is 129 Å². The third-order valence-electron chi connectivity index (χ3n) is 3.43. The molecule has 0 N–H and O–H groups in total. The molecule has 0 radical (unpaired) electrons. The van der Waals surface area contributed by atoms with Crippen molar-refractivity contribution in [1.29, 1.82) is 0 Å². The molecule has 1 aromatic carbocycles. The zero-order valence-corrected chi connectivity index (χ0v) is 13.2. The van der Waals surface area contributed by atoms with Crippen LogP contribution in [0.5, 0.6) is 5.75 Å². The summed E-state index contributed by atoms with van der Waals surface area (Å²) in [5.74, 6) is -0.371. The number of hydrogen-bond donors (Lipinski definition) is 0. The van der Waals surface area contributed by atoms with E-state index >= 15 is 0 Å². The van der Waals surface area contributed by atoms with E-state index in [0.717, 1.165) is 6.26 Å². The molecular formula is C14H19FN2O4S. The van der Waals surface area contributed by atoms with Gasteiger partial charge in [-0.3, -0.25) is 4.79 Å². The Hall–Kier alpha value is -1.67. The minimum Gasteiger partial charge on any atom is -0.484 e. The van der Waals surface area contributed by atoms with Gasteiger partial charge >= 0.3 is 0 Å². The van der Waals surface area contributed by atoms with Crippen LogP contribution in [0.15, 0.2) is 24.3 Å². The second-order valence-electron chi connectivity index (χ2n) is 5.14. The summed E-state index contributed by atoms with van der Waals surface area (Å²) >= 11 is 0. The van der Waals surface area contributed by atoms with Gasteiger partial charge in [0.1, 0.15) is 11.6 Å². The second-order valence-corrected chi connectivity index (χ2v) is 7.12. The minimum atomic E-state index is -3.24. The molecule has 0 unspecified atom stereocenters. The van der Waals surface area contributed by atoms with Gasteiger partial charge in [0, 0.05) is 32.2 Å². The van der Waals surface area contributed by atoms with Crippen LogP contribution in [0.1, 0.15) is 6.42 Å². The van der Waals surface area contributed by atoms with E-state index in [1.165, 1.54) is 22.5 Å². The van der Waals surface area contributed by atoms with Crippen molar-refractivity contribution >= 4 is 15.9 Å². The molecule has 6 nitrogen and oxygen atoms in total. The third-order valence-corrected chi connectivity index (χ3v) is 4.74. The van der Waals surface area contributed by atoms with Gasteiger partial charge in [0.05, 0.1) is 6.26 Å². The summed E-state index contributed by atoms with van der Waals surface area (Å²) in [5.41, 5.74) is 0. The average molecular weight is 330 g/mol. The smallest absolute Gasteiger partial charge is 0.260 e. The van der Waals surface area contributed by atoms with E-state index in [0.29, 0.717) is 31.8 Å². The maximum Gasteiger partial charge on any atom is 0.260 e. The molecular weight excluding hydrogens is 311 g/mol. The largest absolute Gasteiger partial charge is 0.484 e. The van der Waals surface area contributed by atoms with Crippen molar-refractivity contribution in [2.24, 2.45) is 0 Å². The number of sulfonamides is 1. The van der Waals surface area contributed by atoms with Crippen molar-refractivity contribution < 1.29 is 22.3 Å². The first-order valence-electron chi connectivity index (χ1n) is 6.97. The van der Waals surface area contributed by atoms with Gasteiger partial charge in [0.2, 0.25) is 10.0 Å². The van der Waals surface area contributed by atoms with Crippen LogP contribution >= 0.6 is 0 Å². The lowest BCUT2D eigenvalue weighted by atomic mass is 10.3. The molecule has 8 heteroatoms. The fourth-order valence-electron chi connectivity index (χ4n) is 2.27. The molecule has 1 amide bonds. The summed E-state index contributed by atoms with van der Waals surface area (Å²) in [6.45, 7) is 1.32. The molecule has 0 bridgehead atoms. The van der Waals surface area contributed by atoms with Gasteiger partial charge < -0.3 is 9.64 Å². The molecule has 0 atom stereocenters. The molecule has 0 saturated carbocycles. The topological polar surface area (TPSA) is 66.9 Å². The van der Waals surface area contributed by atoms with Crippen LogP contribution in [0.25, 0.3) is 0 Å². The van der Waals surface area contributed by atoms with E-state index < -0.39 is 15.8 Å². The van der Waals surface area contributed by atoms with Crippen LogP contribution in [-0.4, -0.2) is 62.6 Å². The monoisotopic (exact) mass is 330 g/mol. The van der Waals surface area contributed by atoms with E-state index in [-0.39, 0.29) is 19.1 Å². The molecule has 122 valence electrons. The average Bonchev–Trinajstić information content (AvgIpc) is 2.70. The lowest BCUT2D eigenvalue weighted by Gasteiger charge is -2.21. The SMILES string of the molecule is CS(=O)(=O)N1CCCN(C(=O)COc2cccc(F)c2)CC1. The number of amides is 1. The molecule has 0 spiro atoms. The highest BCUT2D eigenvalue weighted by molar-refractivity contribution is 7.88. The molecule has 1 aliphatic rings. The van der Waals surface area contributed by atoms with Gasteiger partial charge in [-0.25, -0.2) is 17.1 Å². The Kier molecular flexibility index (Phi) is 5.36. The second kappa shape index (κ2) is 7.06. The fourth-order valence-corrected chi connectivity index (χ4v) is 3.14. The first-order valence-corrected chi connectivity index (χ1v) is 8.82. The van der Waals surface area contributed by atoms with Gasteiger partial charge in [0.25, 0.3) is 5.91 Å². The highest BCUT2D eigenvalue weighted by Gasteiger charge is 2.23. The van der Waals surface area contributed by atoms with Crippen LogP contribution in [0.4, 0.5) is 4.39 Å². The van der Waals surface area contributed by atoms with Crippen molar-refractivity contribution in [3.63, 3.8) is 0 Å². The van der Waals surface area contributed by atoms with Gasteiger partial charge in [-0.2, -0.15) is 0 Å². The molecule has 1 heterocycles. The molecule has 22 heavy (non-hydrogen) atoms. The van der Waals surface area contributed by atoms with E-state index in [1.807, 2.05) is 0 Å². The fraction of sp³-hybridized carbons (Fsp3) is 0.500. The Morgan fingerprint density at radius 1 is 1.27 bits per heavy atom. The molecule has 1 aliphatic heterocycles. The number of rotatable bonds is 4. The van der Waals surface area contributed by atoms with Gasteiger partial charge in [-0.05, 0) is 18.6 Å². The molecule has 1 aromatic rings. The standard InChI is InChI=1S/C14H19FN2O4S/c1-22(19,20)17-7-3-6-16(8-9-17)14(18)11-21-13-5-2-4-12(15)10-13/h2,4-5,10H,3,6-9,11H2,1H3. The Morgan fingerprint density at radius 2 is 2.05 bits per heavy atom. The number of ether oxygens (including phenoxy) is 1. The predicted octanol–water partition coefficient (Wildman–Crippen LogP) is 0.698. The summed E-state index contributed by atoms with van der Waals surface area (Å²) in [5, 5.41) is 0. The number of halogens is 1. The van der Waals surface area contributed by atoms with Gasteiger partial charge in [-0.15, -0.1) is 0 Å². The van der Waals surface area contributed by atoms with Gasteiger partial charge in [-0.1, -0.05) is 6.07 Å². The Balaban J connectivity index is 1.88. The van der Waals surface area contributed by atoms with Crippen LogP contribution < -0.4 is 4.74 Å². The van der Waals surface area contributed by atoms with Crippen LogP contribution in [0.2, 0.25) is 0 Å². The first kappa shape index (κ1) is 16.7. The summed E-state index contributed by atoms with van der Waals surface area (Å²) < 4.78 is 42.7. The minimum absolute atomic E-state index is 0.192. The zero-order chi connectivity index (χ0) is 16.2. The molecule has 0 aromatic heterocycles. The van der Waals surface area contributed by atoms with Crippen LogP contribution in [0.3, 0.4) is 0 Å². The van der Waals surface area contributed by atoms with Crippen molar-refractivity contribution in [3.8, 4) is 5.75 Å². The highest BCUT2D eigenvalue weighted by Crippen LogP contribution is 2.12. The van der Waals surface area contributed by atoms with E-state index in [4.69, 9.17) is 4.74 Å². The molecule has 1 fully saturated rings. The van der Waals surface area contributed by atoms with Crippen LogP contribution in [-0.2, 0) is 14.8 Å². The number of hydrogen-bond acceptors (Lipinski definition) is 4. The third kappa shape index (κ3) is 4.67. The maximum atomic E-state index is 13.0. The normalized spacial score (nSPS) is 17.1. The Bertz CT molecular complexity index is 635. The highest BCUT2D eigenvalue weighted by atomic mass is 32.2. The van der Waals surface area contributed by atoms with E-state index in [9.17, 15) is 17.6 Å². The quantitative estimate of drug-likeness (QED) is 0.815. The summed E-state index contributed by atoms with van der Waals surface area (Å²) in [7, 11) is -3.24. The lowest BCUT2D eigenvalue weighted by molar-refractivity contribution is -0.133. The summed E-state index contributed by atoms with van der Waals surface area (Å²) in [4.78, 5) is 13.7. The van der Waals surface area contributed by atoms with E-state index in [1.54, 1.807) is 11.0 Å². The zero-order valence-electron chi connectivity index (χ0n) is 12.4. The molecule has 1 saturated heterocycles. The van der Waals surface area contributed by atoms with Crippen LogP contribution in [0, 0.1) is 5.82 Å². The first-order chi connectivity index (χ1) is 10.4. The lowest BCUT2D eigenvalue weighted by Crippen LogP contribution is -2.39. The predicted molar refractivity (Wildman–Crippen MR) is 79.5 cm³/mol. The summed E-state index contributed by atoms with van der Waals surface area (Å²) in [6, 6.07) is 5.58. The summed E-state index contributed by atoms with van der Waals surface area (Å²) in [6.07, 6.45) is 1.75. The van der Waals surface area contributed by atoms with E-state index in [2.05, 4.69) is 0 Å². The number of benzene rings is 1. The van der Waals surface area contributed by atoms with Gasteiger partial charge in [0.15, 0.2) is 6.61 Å². The maximum absolute atomic E-state index is 13.0. The van der Waals surface area contributed by atoms with Crippen molar-refractivity contribution in [3.05, 3.63) is 30.1 Å². The molecule has 0 aliphatic carbocycles. The Morgan fingerprint density at radius 3 is 2.73 bits per heavy atom.